The summed E-state index contributed by atoms with van der Waals surface area (Å²) in [6.07, 6.45) is 3.21. The average Bonchev–Trinajstić information content (AvgIpc) is 3.35. The Labute approximate surface area is 190 Å². The third kappa shape index (κ3) is 4.28. The van der Waals surface area contributed by atoms with E-state index in [4.69, 9.17) is 5.73 Å². The fraction of sp³-hybridized carbons (Fsp3) is 0.636. The number of hydrogen-bond acceptors (Lipinski definition) is 6. The second-order valence-corrected chi connectivity index (χ2v) is 10.9. The number of benzene rings is 1. The van der Waals surface area contributed by atoms with Crippen LogP contribution in [0.4, 0.5) is 5.69 Å². The van der Waals surface area contributed by atoms with Crippen LogP contribution in [-0.4, -0.2) is 81.9 Å². The first-order valence-corrected chi connectivity index (χ1v) is 12.8. The molecule has 0 saturated carbocycles. The maximum atomic E-state index is 13.3. The molecule has 3 fully saturated rings. The summed E-state index contributed by atoms with van der Waals surface area (Å²) in [4.78, 5) is 31.3. The molecule has 3 atom stereocenters. The van der Waals surface area contributed by atoms with Crippen LogP contribution < -0.4 is 15.4 Å². The molecule has 3 saturated heterocycles. The minimum atomic E-state index is -4.01. The molecule has 4 rings (SSSR count). The van der Waals surface area contributed by atoms with Crippen molar-refractivity contribution in [3.05, 3.63) is 23.8 Å². The van der Waals surface area contributed by atoms with Crippen LogP contribution in [0.25, 0.3) is 0 Å². The summed E-state index contributed by atoms with van der Waals surface area (Å²) in [5, 5.41) is 0. The van der Waals surface area contributed by atoms with E-state index in [1.54, 1.807) is 24.0 Å². The van der Waals surface area contributed by atoms with Gasteiger partial charge in [-0.05, 0) is 56.8 Å². The second kappa shape index (κ2) is 9.09. The highest BCUT2D eigenvalue weighted by atomic mass is 32.2. The molecule has 1 aromatic carbocycles. The van der Waals surface area contributed by atoms with Gasteiger partial charge in [-0.15, -0.1) is 0 Å². The molecule has 3 heterocycles. The molecule has 9 nitrogen and oxygen atoms in total. The van der Waals surface area contributed by atoms with E-state index < -0.39 is 16.1 Å². The van der Waals surface area contributed by atoms with E-state index in [0.29, 0.717) is 36.7 Å². The topological polar surface area (TPSA) is 116 Å². The summed E-state index contributed by atoms with van der Waals surface area (Å²) in [5.41, 5.74) is 6.97. The quantitative estimate of drug-likeness (QED) is 0.626. The number of carbonyl (C=O) groups excluding carboxylic acids is 2. The molecular formula is C22H33N5O4S. The number of hydrogen-bond donors (Lipinski definition) is 2. The highest BCUT2D eigenvalue weighted by molar-refractivity contribution is 7.89. The summed E-state index contributed by atoms with van der Waals surface area (Å²) in [5.74, 6) is 0.154. The monoisotopic (exact) mass is 463 g/mol. The molecule has 32 heavy (non-hydrogen) atoms. The Morgan fingerprint density at radius 1 is 1.25 bits per heavy atom. The summed E-state index contributed by atoms with van der Waals surface area (Å²) in [6, 6.07) is 3.97. The van der Waals surface area contributed by atoms with Crippen molar-refractivity contribution in [2.45, 2.75) is 49.6 Å². The lowest BCUT2D eigenvalue weighted by molar-refractivity contribution is -0.137. The van der Waals surface area contributed by atoms with Crippen molar-refractivity contribution in [1.29, 1.82) is 0 Å². The van der Waals surface area contributed by atoms with Gasteiger partial charge in [-0.25, -0.2) is 8.42 Å². The normalized spacial score (nSPS) is 25.3. The van der Waals surface area contributed by atoms with E-state index in [9.17, 15) is 18.0 Å². The number of anilines is 1. The molecule has 2 amide bonds. The van der Waals surface area contributed by atoms with Gasteiger partial charge >= 0.3 is 0 Å². The van der Waals surface area contributed by atoms with Gasteiger partial charge in [-0.2, -0.15) is 4.72 Å². The predicted molar refractivity (Wildman–Crippen MR) is 122 cm³/mol. The zero-order valence-corrected chi connectivity index (χ0v) is 19.6. The highest BCUT2D eigenvalue weighted by Crippen LogP contribution is 2.31. The van der Waals surface area contributed by atoms with Crippen LogP contribution in [0, 0.1) is 12.8 Å². The number of sulfonamides is 1. The largest absolute Gasteiger partial charge is 0.337 e. The summed E-state index contributed by atoms with van der Waals surface area (Å²) in [6.45, 7) is 4.52. The van der Waals surface area contributed by atoms with Crippen LogP contribution in [0.15, 0.2) is 23.1 Å². The van der Waals surface area contributed by atoms with Gasteiger partial charge in [-0.3, -0.25) is 9.59 Å². The number of piperidine rings is 1. The van der Waals surface area contributed by atoms with Crippen molar-refractivity contribution in [2.24, 2.45) is 11.7 Å². The third-order valence-corrected chi connectivity index (χ3v) is 8.60. The Morgan fingerprint density at radius 2 is 2.03 bits per heavy atom. The van der Waals surface area contributed by atoms with Crippen LogP contribution in [0.3, 0.4) is 0 Å². The lowest BCUT2D eigenvalue weighted by Crippen LogP contribution is -2.57. The number of rotatable bonds is 6. The molecule has 0 bridgehead atoms. The molecule has 3 aliphatic heterocycles. The molecule has 10 heteroatoms. The molecule has 0 aliphatic carbocycles. The average molecular weight is 464 g/mol. The van der Waals surface area contributed by atoms with E-state index in [1.807, 2.05) is 11.9 Å². The molecule has 3 aliphatic rings. The SMILES string of the molecule is Cc1c(N2CCCC2=O)cccc1S(=O)(=O)N[C@@H](CN)C(=O)N1CCCC2CN(C)CC21. The summed E-state index contributed by atoms with van der Waals surface area (Å²) in [7, 11) is -1.97. The van der Waals surface area contributed by atoms with Gasteiger partial charge in [0.15, 0.2) is 0 Å². The minimum Gasteiger partial charge on any atom is -0.337 e. The van der Waals surface area contributed by atoms with Gasteiger partial charge in [0.05, 0.1) is 4.90 Å². The van der Waals surface area contributed by atoms with Crippen LogP contribution in [-0.2, 0) is 19.6 Å². The van der Waals surface area contributed by atoms with E-state index in [2.05, 4.69) is 9.62 Å². The van der Waals surface area contributed by atoms with Gasteiger partial charge < -0.3 is 20.4 Å². The van der Waals surface area contributed by atoms with Crippen molar-refractivity contribution >= 4 is 27.5 Å². The molecule has 2 unspecified atom stereocenters. The summed E-state index contributed by atoms with van der Waals surface area (Å²) < 4.78 is 29.1. The molecule has 0 radical (unpaired) electrons. The smallest absolute Gasteiger partial charge is 0.242 e. The van der Waals surface area contributed by atoms with Gasteiger partial charge in [0.1, 0.15) is 6.04 Å². The van der Waals surface area contributed by atoms with Gasteiger partial charge in [0.25, 0.3) is 0 Å². The minimum absolute atomic E-state index is 0.00759. The van der Waals surface area contributed by atoms with Crippen molar-refractivity contribution in [1.82, 2.24) is 14.5 Å². The maximum absolute atomic E-state index is 13.3. The number of nitrogens with two attached hydrogens (primary N) is 1. The van der Waals surface area contributed by atoms with Gasteiger partial charge in [0, 0.05) is 50.9 Å². The zero-order valence-electron chi connectivity index (χ0n) is 18.8. The fourth-order valence-corrected chi connectivity index (χ4v) is 6.87. The molecule has 3 N–H and O–H groups in total. The number of likely N-dealkylation sites (tertiary alicyclic amines) is 2. The fourth-order valence-electron chi connectivity index (χ4n) is 5.40. The molecule has 1 aromatic rings. The predicted octanol–water partition coefficient (Wildman–Crippen LogP) is 0.280. The molecule has 0 aromatic heterocycles. The first-order valence-electron chi connectivity index (χ1n) is 11.3. The van der Waals surface area contributed by atoms with Gasteiger partial charge in [0.2, 0.25) is 21.8 Å². The number of nitrogens with one attached hydrogen (secondary N) is 1. The Hall–Kier alpha value is -2.01. The van der Waals surface area contributed by atoms with Crippen LogP contribution >= 0.6 is 0 Å². The number of carbonyl (C=O) groups is 2. The van der Waals surface area contributed by atoms with E-state index >= 15 is 0 Å². The first-order chi connectivity index (χ1) is 15.2. The third-order valence-electron chi connectivity index (χ3n) is 6.99. The zero-order chi connectivity index (χ0) is 23.0. The van der Waals surface area contributed by atoms with Crippen LogP contribution in [0.5, 0.6) is 0 Å². The Bertz CT molecular complexity index is 998. The van der Waals surface area contributed by atoms with Crippen molar-refractivity contribution in [3.8, 4) is 0 Å². The number of fused-ring (bicyclic) bond motifs is 1. The molecule has 0 spiro atoms. The van der Waals surface area contributed by atoms with Crippen molar-refractivity contribution in [2.75, 3.05) is 44.7 Å². The second-order valence-electron chi connectivity index (χ2n) is 9.18. The van der Waals surface area contributed by atoms with Crippen LogP contribution in [0.2, 0.25) is 0 Å². The Balaban J connectivity index is 1.55. The number of amides is 2. The van der Waals surface area contributed by atoms with Crippen molar-refractivity contribution < 1.29 is 18.0 Å². The lowest BCUT2D eigenvalue weighted by atomic mass is 9.91. The van der Waals surface area contributed by atoms with Crippen molar-refractivity contribution in [3.63, 3.8) is 0 Å². The lowest BCUT2D eigenvalue weighted by Gasteiger charge is -2.39. The first kappa shape index (κ1) is 23.2. The maximum Gasteiger partial charge on any atom is 0.242 e. The van der Waals surface area contributed by atoms with E-state index in [0.717, 1.165) is 32.4 Å². The van der Waals surface area contributed by atoms with Gasteiger partial charge in [-0.1, -0.05) is 6.07 Å². The number of nitrogens with zero attached hydrogens (tertiary/aromatic N) is 3. The highest BCUT2D eigenvalue weighted by Gasteiger charge is 2.42. The molecule has 176 valence electrons. The van der Waals surface area contributed by atoms with Crippen LogP contribution in [0.1, 0.15) is 31.2 Å². The van der Waals surface area contributed by atoms with E-state index in [-0.39, 0.29) is 29.3 Å². The standard InChI is InChI=1S/C22H33N5O4S/c1-15-18(26-10-5-9-21(26)28)7-3-8-20(15)32(30,31)24-17(12-23)22(29)27-11-4-6-16-13-25(2)14-19(16)27/h3,7-8,16-17,19,24H,4-6,9-14,23H2,1-2H3/t16?,17-,19?/m0/s1. The number of likely N-dealkylation sites (N-methyl/N-ethyl adjacent to an activating group) is 1. The van der Waals surface area contributed by atoms with E-state index in [1.165, 1.54) is 6.07 Å². The Kier molecular flexibility index (Phi) is 6.58. The molecular weight excluding hydrogens is 430 g/mol. The summed E-state index contributed by atoms with van der Waals surface area (Å²) >= 11 is 0. The Morgan fingerprint density at radius 3 is 2.72 bits per heavy atom.